The average molecular weight is 419 g/mol. The van der Waals surface area contributed by atoms with Crippen molar-refractivity contribution in [3.63, 3.8) is 0 Å². The molecule has 5 rings (SSSR count). The number of para-hydroxylation sites is 1. The molecule has 31 heavy (non-hydrogen) atoms. The van der Waals surface area contributed by atoms with Gasteiger partial charge < -0.3 is 20.1 Å². The fraction of sp³-hybridized carbons (Fsp3) is 0.409. The largest absolute Gasteiger partial charge is 0.355 e. The Morgan fingerprint density at radius 2 is 2.00 bits per heavy atom. The second-order valence-electron chi connectivity index (χ2n) is 8.19. The van der Waals surface area contributed by atoms with E-state index in [0.717, 1.165) is 17.7 Å². The number of carbonyl (C=O) groups is 2. The number of nitrogens with zero attached hydrogens (tertiary/aromatic N) is 5. The Hall–Kier alpha value is -3.49. The quantitative estimate of drug-likeness (QED) is 0.670. The first-order chi connectivity index (χ1) is 15.0. The third kappa shape index (κ3) is 2.95. The van der Waals surface area contributed by atoms with Gasteiger partial charge in [-0.3, -0.25) is 9.59 Å². The van der Waals surface area contributed by atoms with Crippen LogP contribution >= 0.6 is 0 Å². The lowest BCUT2D eigenvalue weighted by atomic mass is 9.73. The summed E-state index contributed by atoms with van der Waals surface area (Å²) in [6.45, 7) is 3.94. The molecule has 1 spiro atoms. The molecule has 1 aromatic carbocycles. The molecule has 160 valence electrons. The number of benzene rings is 1. The Kier molecular flexibility index (Phi) is 4.60. The summed E-state index contributed by atoms with van der Waals surface area (Å²) in [4.78, 5) is 40.9. The van der Waals surface area contributed by atoms with Crippen molar-refractivity contribution < 1.29 is 9.59 Å². The second-order valence-corrected chi connectivity index (χ2v) is 8.19. The van der Waals surface area contributed by atoms with Crippen LogP contribution < -0.4 is 15.5 Å². The normalized spacial score (nSPS) is 17.1. The van der Waals surface area contributed by atoms with Crippen molar-refractivity contribution in [2.75, 3.05) is 29.9 Å². The Balaban J connectivity index is 1.44. The standard InChI is InChI=1S/C22H25N7O2/c1-3-10-23-20(30)19-27-16-17(28(19)2)24-13-25-18(16)29-11-8-22(9-12-29)14-6-4-5-7-15(14)26-21(22)31/h4-7,13H,3,8-12H2,1-2H3,(H,23,30)(H,26,31). The van der Waals surface area contributed by atoms with E-state index in [1.807, 2.05) is 31.2 Å². The SMILES string of the molecule is CCCNC(=O)c1nc2c(N3CCC4(CC3)C(=O)Nc3ccccc34)ncnc2n1C. The summed E-state index contributed by atoms with van der Waals surface area (Å²) in [6.07, 6.45) is 3.75. The van der Waals surface area contributed by atoms with Crippen LogP contribution in [-0.2, 0) is 17.3 Å². The van der Waals surface area contributed by atoms with Crippen LogP contribution in [0.2, 0.25) is 0 Å². The highest BCUT2D eigenvalue weighted by Crippen LogP contribution is 2.45. The molecule has 9 nitrogen and oxygen atoms in total. The van der Waals surface area contributed by atoms with E-state index < -0.39 is 5.41 Å². The molecule has 0 unspecified atom stereocenters. The Morgan fingerprint density at radius 3 is 2.77 bits per heavy atom. The highest BCUT2D eigenvalue weighted by Gasteiger charge is 2.48. The maximum Gasteiger partial charge on any atom is 0.287 e. The van der Waals surface area contributed by atoms with Crippen LogP contribution in [0.5, 0.6) is 0 Å². The monoisotopic (exact) mass is 419 g/mol. The number of carbonyl (C=O) groups excluding carboxylic acids is 2. The number of aryl methyl sites for hydroxylation is 1. The van der Waals surface area contributed by atoms with Crippen LogP contribution in [0.3, 0.4) is 0 Å². The minimum absolute atomic E-state index is 0.0777. The van der Waals surface area contributed by atoms with E-state index in [1.54, 1.807) is 11.6 Å². The molecule has 4 heterocycles. The predicted molar refractivity (Wildman–Crippen MR) is 117 cm³/mol. The van der Waals surface area contributed by atoms with Gasteiger partial charge >= 0.3 is 0 Å². The summed E-state index contributed by atoms with van der Waals surface area (Å²) in [5.74, 6) is 0.887. The average Bonchev–Trinajstić information content (AvgIpc) is 3.27. The number of amides is 2. The van der Waals surface area contributed by atoms with Gasteiger partial charge in [0.05, 0.1) is 5.41 Å². The van der Waals surface area contributed by atoms with Crippen molar-refractivity contribution in [2.24, 2.45) is 7.05 Å². The van der Waals surface area contributed by atoms with Gasteiger partial charge in [0.2, 0.25) is 11.7 Å². The van der Waals surface area contributed by atoms with Crippen LogP contribution in [0.15, 0.2) is 30.6 Å². The van der Waals surface area contributed by atoms with E-state index in [4.69, 9.17) is 0 Å². The molecule has 2 aliphatic rings. The molecule has 2 amide bonds. The third-order valence-corrected chi connectivity index (χ3v) is 6.42. The first kappa shape index (κ1) is 19.5. The number of hydrogen-bond donors (Lipinski definition) is 2. The topological polar surface area (TPSA) is 105 Å². The van der Waals surface area contributed by atoms with E-state index in [2.05, 4.69) is 30.5 Å². The molecule has 0 saturated carbocycles. The molecule has 2 aliphatic heterocycles. The summed E-state index contributed by atoms with van der Waals surface area (Å²) in [5, 5.41) is 5.91. The van der Waals surface area contributed by atoms with Gasteiger partial charge in [-0.1, -0.05) is 25.1 Å². The lowest BCUT2D eigenvalue weighted by Crippen LogP contribution is -2.46. The number of fused-ring (bicyclic) bond motifs is 3. The van der Waals surface area contributed by atoms with Gasteiger partial charge in [-0.05, 0) is 30.9 Å². The minimum Gasteiger partial charge on any atom is -0.355 e. The summed E-state index contributed by atoms with van der Waals surface area (Å²) in [6, 6.07) is 7.94. The number of piperidine rings is 1. The van der Waals surface area contributed by atoms with E-state index in [9.17, 15) is 9.59 Å². The zero-order valence-electron chi connectivity index (χ0n) is 17.7. The van der Waals surface area contributed by atoms with Gasteiger partial charge in [-0.25, -0.2) is 15.0 Å². The molecule has 1 saturated heterocycles. The summed E-state index contributed by atoms with van der Waals surface area (Å²) in [7, 11) is 1.79. The molecule has 0 bridgehead atoms. The number of rotatable bonds is 4. The molecular weight excluding hydrogens is 394 g/mol. The molecule has 0 aliphatic carbocycles. The van der Waals surface area contributed by atoms with Crippen molar-refractivity contribution in [3.05, 3.63) is 42.0 Å². The van der Waals surface area contributed by atoms with Crippen molar-refractivity contribution in [1.82, 2.24) is 24.8 Å². The van der Waals surface area contributed by atoms with E-state index in [-0.39, 0.29) is 11.8 Å². The third-order valence-electron chi connectivity index (χ3n) is 6.42. The Morgan fingerprint density at radius 1 is 1.23 bits per heavy atom. The van der Waals surface area contributed by atoms with Gasteiger partial charge in [0.1, 0.15) is 6.33 Å². The predicted octanol–water partition coefficient (Wildman–Crippen LogP) is 1.99. The molecule has 2 aromatic heterocycles. The van der Waals surface area contributed by atoms with E-state index >= 15 is 0 Å². The number of anilines is 2. The summed E-state index contributed by atoms with van der Waals surface area (Å²) in [5.41, 5.74) is 2.74. The first-order valence-corrected chi connectivity index (χ1v) is 10.7. The van der Waals surface area contributed by atoms with Crippen molar-refractivity contribution >= 4 is 34.5 Å². The van der Waals surface area contributed by atoms with Crippen molar-refractivity contribution in [1.29, 1.82) is 0 Å². The first-order valence-electron chi connectivity index (χ1n) is 10.7. The Labute approximate surface area is 179 Å². The lowest BCUT2D eigenvalue weighted by molar-refractivity contribution is -0.121. The fourth-order valence-electron chi connectivity index (χ4n) is 4.71. The Bertz CT molecular complexity index is 1180. The molecule has 1 fully saturated rings. The van der Waals surface area contributed by atoms with Gasteiger partial charge in [-0.15, -0.1) is 0 Å². The zero-order chi connectivity index (χ0) is 21.6. The molecule has 3 aromatic rings. The molecule has 9 heteroatoms. The van der Waals surface area contributed by atoms with Crippen LogP contribution in [0.4, 0.5) is 11.5 Å². The number of nitrogens with one attached hydrogen (secondary N) is 2. The highest BCUT2D eigenvalue weighted by molar-refractivity contribution is 6.06. The lowest BCUT2D eigenvalue weighted by Gasteiger charge is -2.38. The number of aromatic nitrogens is 4. The maximum atomic E-state index is 12.9. The van der Waals surface area contributed by atoms with Gasteiger partial charge in [0.15, 0.2) is 17.0 Å². The molecular formula is C22H25N7O2. The minimum atomic E-state index is -0.492. The number of imidazole rings is 1. The van der Waals surface area contributed by atoms with Crippen molar-refractivity contribution in [3.8, 4) is 0 Å². The van der Waals surface area contributed by atoms with Crippen molar-refractivity contribution in [2.45, 2.75) is 31.6 Å². The zero-order valence-corrected chi connectivity index (χ0v) is 17.7. The highest BCUT2D eigenvalue weighted by atomic mass is 16.2. The number of hydrogen-bond acceptors (Lipinski definition) is 6. The van der Waals surface area contributed by atoms with Gasteiger partial charge in [-0.2, -0.15) is 0 Å². The van der Waals surface area contributed by atoms with Crippen LogP contribution in [0.25, 0.3) is 11.2 Å². The van der Waals surface area contributed by atoms with Crippen LogP contribution in [-0.4, -0.2) is 51.0 Å². The fourth-order valence-corrected chi connectivity index (χ4v) is 4.71. The maximum absolute atomic E-state index is 12.9. The van der Waals surface area contributed by atoms with E-state index in [0.29, 0.717) is 55.3 Å². The van der Waals surface area contributed by atoms with Crippen LogP contribution in [0, 0.1) is 0 Å². The smallest absolute Gasteiger partial charge is 0.287 e. The van der Waals surface area contributed by atoms with Gasteiger partial charge in [0, 0.05) is 32.4 Å². The van der Waals surface area contributed by atoms with Crippen LogP contribution in [0.1, 0.15) is 42.4 Å². The summed E-state index contributed by atoms with van der Waals surface area (Å²) >= 11 is 0. The molecule has 0 atom stereocenters. The summed E-state index contributed by atoms with van der Waals surface area (Å²) < 4.78 is 1.71. The van der Waals surface area contributed by atoms with E-state index in [1.165, 1.54) is 6.33 Å². The second kappa shape index (κ2) is 7.33. The molecule has 0 radical (unpaired) electrons. The molecule has 2 N–H and O–H groups in total. The van der Waals surface area contributed by atoms with Gasteiger partial charge in [0.25, 0.3) is 5.91 Å².